The Hall–Kier alpha value is -3.92. The van der Waals surface area contributed by atoms with Gasteiger partial charge in [0.25, 0.3) is 18.2 Å². The van der Waals surface area contributed by atoms with E-state index < -0.39 is 82.8 Å². The highest BCUT2D eigenvalue weighted by Gasteiger charge is 2.38. The maximum Gasteiger partial charge on any atom is 0.274 e. The van der Waals surface area contributed by atoms with Gasteiger partial charge in [-0.3, -0.25) is 14.4 Å². The quantitative estimate of drug-likeness (QED) is 0.469. The average molecular weight is 517 g/mol. The van der Waals surface area contributed by atoms with Crippen LogP contribution >= 0.6 is 0 Å². The maximum absolute atomic E-state index is 13.7. The lowest BCUT2D eigenvalue weighted by Gasteiger charge is -2.34. The number of carbonyl (C=O) groups excluding carboxylic acids is 2. The normalized spacial score (nSPS) is 14.2. The summed E-state index contributed by atoms with van der Waals surface area (Å²) in [5.74, 6) is -7.05. The molecule has 1 aromatic carbocycles. The summed E-state index contributed by atoms with van der Waals surface area (Å²) in [5.41, 5.74) is -3.24. The molecule has 8 nitrogen and oxygen atoms in total. The summed E-state index contributed by atoms with van der Waals surface area (Å²) in [7, 11) is 2.76. The number of fused-ring (bicyclic) bond motifs is 1. The largest absolute Gasteiger partial charge is 0.503 e. The summed E-state index contributed by atoms with van der Waals surface area (Å²) >= 11 is 0. The van der Waals surface area contributed by atoms with Crippen LogP contribution in [-0.4, -0.2) is 59.6 Å². The van der Waals surface area contributed by atoms with Crippen molar-refractivity contribution in [3.63, 3.8) is 0 Å². The summed E-state index contributed by atoms with van der Waals surface area (Å²) in [4.78, 5) is 37.6. The van der Waals surface area contributed by atoms with Crippen LogP contribution in [-0.2, 0) is 17.8 Å². The lowest BCUT2D eigenvalue weighted by Crippen LogP contribution is -2.50. The number of carbonyl (C=O) groups is 2. The first-order chi connectivity index (χ1) is 16.9. The fraction of sp³-hybridized carbons (Fsp3) is 0.348. The number of rotatable bonds is 5. The number of nitrogens with zero attached hydrogens (tertiary/aromatic N) is 2. The molecule has 0 fully saturated rings. The van der Waals surface area contributed by atoms with E-state index in [1.165, 1.54) is 0 Å². The number of pyridine rings is 1. The number of benzene rings is 1. The van der Waals surface area contributed by atoms with Gasteiger partial charge in [-0.1, -0.05) is 0 Å². The van der Waals surface area contributed by atoms with Gasteiger partial charge in [0, 0.05) is 57.7 Å². The van der Waals surface area contributed by atoms with Crippen LogP contribution in [0.5, 0.6) is 5.75 Å². The van der Waals surface area contributed by atoms with Crippen LogP contribution in [0.3, 0.4) is 0 Å². The highest BCUT2D eigenvalue weighted by atomic mass is 19.3. The molecule has 3 rings (SSSR count). The van der Waals surface area contributed by atoms with Gasteiger partial charge < -0.3 is 24.6 Å². The fourth-order valence-electron chi connectivity index (χ4n) is 3.08. The van der Waals surface area contributed by atoms with Gasteiger partial charge in [0.1, 0.15) is 29.1 Å². The highest BCUT2D eigenvalue weighted by molar-refractivity contribution is 5.99. The number of nitrogens with one attached hydrogen (secondary N) is 1. The van der Waals surface area contributed by atoms with Crippen molar-refractivity contribution in [3.05, 3.63) is 62.8 Å². The molecule has 2 amide bonds. The van der Waals surface area contributed by atoms with Crippen molar-refractivity contribution in [1.82, 2.24) is 14.8 Å². The third kappa shape index (κ3) is 6.60. The monoisotopic (exact) mass is 517 g/mol. The number of amides is 2. The van der Waals surface area contributed by atoms with Gasteiger partial charge in [-0.25, -0.2) is 22.0 Å². The summed E-state index contributed by atoms with van der Waals surface area (Å²) in [6.45, 7) is 1.50. The predicted molar refractivity (Wildman–Crippen MR) is 119 cm³/mol. The van der Waals surface area contributed by atoms with Crippen LogP contribution in [0.4, 0.5) is 22.0 Å². The molecule has 1 unspecified atom stereocenters. The molecule has 1 aromatic heterocycles. The van der Waals surface area contributed by atoms with Crippen LogP contribution in [0.25, 0.3) is 0 Å². The Morgan fingerprint density at radius 2 is 1.75 bits per heavy atom. The molecule has 2 heterocycles. The number of aromatic nitrogens is 1. The summed E-state index contributed by atoms with van der Waals surface area (Å²) < 4.78 is 72.1. The van der Waals surface area contributed by atoms with E-state index in [1.807, 2.05) is 12.2 Å². The Morgan fingerprint density at radius 3 is 2.22 bits per heavy atom. The minimum absolute atomic E-state index is 0.400. The zero-order valence-electron chi connectivity index (χ0n) is 19.5. The molecule has 0 spiro atoms. The molecule has 0 aliphatic carbocycles. The number of aromatic hydroxyl groups is 1. The van der Waals surface area contributed by atoms with Gasteiger partial charge in [0.2, 0.25) is 5.43 Å². The van der Waals surface area contributed by atoms with Crippen LogP contribution in [0.2, 0.25) is 0 Å². The molecule has 1 aliphatic heterocycles. The SMILES string of the molecule is C#C.CCOC.CN1C(=O)c2c(O)c(=O)c(C(=O)NCc3c(F)cc(F)cc3F)cn2CC1C(F)F. The molecule has 13 heteroatoms. The van der Waals surface area contributed by atoms with E-state index in [0.29, 0.717) is 17.0 Å². The van der Waals surface area contributed by atoms with Crippen molar-refractivity contribution in [2.75, 3.05) is 20.8 Å². The van der Waals surface area contributed by atoms with Gasteiger partial charge in [-0.2, -0.15) is 0 Å². The summed E-state index contributed by atoms with van der Waals surface area (Å²) in [6.07, 6.45) is 5.88. The van der Waals surface area contributed by atoms with Crippen LogP contribution < -0.4 is 10.7 Å². The van der Waals surface area contributed by atoms with E-state index in [0.717, 1.165) is 24.4 Å². The van der Waals surface area contributed by atoms with E-state index in [-0.39, 0.29) is 0 Å². The first-order valence-electron chi connectivity index (χ1n) is 10.2. The highest BCUT2D eigenvalue weighted by Crippen LogP contribution is 2.25. The van der Waals surface area contributed by atoms with Gasteiger partial charge in [0.05, 0.1) is 0 Å². The first-order valence-corrected chi connectivity index (χ1v) is 10.2. The zero-order valence-corrected chi connectivity index (χ0v) is 19.5. The van der Waals surface area contributed by atoms with E-state index in [9.17, 15) is 41.4 Å². The lowest BCUT2D eigenvalue weighted by molar-refractivity contribution is 0.0152. The second kappa shape index (κ2) is 13.2. The van der Waals surface area contributed by atoms with Crippen molar-refractivity contribution in [2.24, 2.45) is 0 Å². The van der Waals surface area contributed by atoms with Gasteiger partial charge >= 0.3 is 0 Å². The van der Waals surface area contributed by atoms with Gasteiger partial charge in [0.15, 0.2) is 11.4 Å². The molecule has 1 atom stereocenters. The molecule has 36 heavy (non-hydrogen) atoms. The molecule has 0 saturated heterocycles. The Labute approximate surface area is 203 Å². The van der Waals surface area contributed by atoms with Crippen LogP contribution in [0, 0.1) is 30.3 Å². The molecule has 2 aromatic rings. The number of hydrogen-bond acceptors (Lipinski definition) is 5. The zero-order chi connectivity index (χ0) is 27.7. The summed E-state index contributed by atoms with van der Waals surface area (Å²) in [6, 6.07) is -0.765. The van der Waals surface area contributed by atoms with Crippen molar-refractivity contribution in [3.8, 4) is 18.6 Å². The van der Waals surface area contributed by atoms with E-state index in [2.05, 4.69) is 17.6 Å². The molecule has 0 bridgehead atoms. The Kier molecular flexibility index (Phi) is 11.1. The number of likely N-dealkylation sites (N-methyl/N-ethyl adjacent to an activating group) is 1. The van der Waals surface area contributed by atoms with Gasteiger partial charge in [-0.15, -0.1) is 12.8 Å². The minimum Gasteiger partial charge on any atom is -0.503 e. The standard InChI is InChI=1S/C18H14F5N3O4.C3H8O.C2H2/c1-25-12(16(22)23)6-26-5-9(14(27)15(28)13(26)18(25)30)17(29)24-4-8-10(20)2-7(19)3-11(8)21;1-3-4-2;1-2/h2-3,5,12,16,28H,4,6H2,1H3,(H,24,29);3H2,1-2H3;1-2H. The summed E-state index contributed by atoms with van der Waals surface area (Å²) in [5, 5.41) is 12.1. The Morgan fingerprint density at radius 1 is 1.22 bits per heavy atom. The molecular formula is C23H24F5N3O5. The molecule has 196 valence electrons. The van der Waals surface area contributed by atoms with E-state index >= 15 is 0 Å². The maximum atomic E-state index is 13.7. The number of ether oxygens (including phenoxy) is 1. The Balaban J connectivity index is 0.000000982. The van der Waals surface area contributed by atoms with Gasteiger partial charge in [-0.05, 0) is 6.92 Å². The molecule has 2 N–H and O–H groups in total. The predicted octanol–water partition coefficient (Wildman–Crippen LogP) is 2.52. The first kappa shape index (κ1) is 30.1. The van der Waals surface area contributed by atoms with Crippen LogP contribution in [0.15, 0.2) is 23.1 Å². The second-order valence-corrected chi connectivity index (χ2v) is 7.15. The van der Waals surface area contributed by atoms with E-state index in [4.69, 9.17) is 0 Å². The molecule has 1 aliphatic rings. The second-order valence-electron chi connectivity index (χ2n) is 7.15. The number of methoxy groups -OCH3 is 1. The van der Waals surface area contributed by atoms with Crippen molar-refractivity contribution in [1.29, 1.82) is 0 Å². The van der Waals surface area contributed by atoms with Crippen molar-refractivity contribution < 1.29 is 41.4 Å². The van der Waals surface area contributed by atoms with Crippen molar-refractivity contribution in [2.45, 2.75) is 32.5 Å². The number of terminal acetylenes is 1. The number of hydrogen-bond donors (Lipinski definition) is 2. The minimum atomic E-state index is -2.93. The number of alkyl halides is 2. The average Bonchev–Trinajstić information content (AvgIpc) is 2.83. The van der Waals surface area contributed by atoms with E-state index in [1.54, 1.807) is 7.11 Å². The lowest BCUT2D eigenvalue weighted by atomic mass is 10.1. The third-order valence-corrected chi connectivity index (χ3v) is 5.02. The molecule has 0 saturated carbocycles. The molecule has 0 radical (unpaired) electrons. The fourth-order valence-corrected chi connectivity index (χ4v) is 3.08. The Bertz CT molecular complexity index is 1160. The van der Waals surface area contributed by atoms with Crippen molar-refractivity contribution >= 4 is 11.8 Å². The smallest absolute Gasteiger partial charge is 0.274 e. The molecular weight excluding hydrogens is 493 g/mol. The topological polar surface area (TPSA) is 101 Å². The third-order valence-electron chi connectivity index (χ3n) is 5.02. The number of halogens is 5. The van der Waals surface area contributed by atoms with Crippen LogP contribution in [0.1, 0.15) is 33.3 Å².